The van der Waals surface area contributed by atoms with E-state index >= 15 is 0 Å². The maximum atomic E-state index is 12.1. The summed E-state index contributed by atoms with van der Waals surface area (Å²) in [5.74, 6) is 0.386. The monoisotopic (exact) mass is 232 g/mol. The predicted octanol–water partition coefficient (Wildman–Crippen LogP) is 0.853. The van der Waals surface area contributed by atoms with Crippen molar-refractivity contribution < 1.29 is 5.21 Å². The fourth-order valence-corrected chi connectivity index (χ4v) is 1.62. The van der Waals surface area contributed by atoms with Crippen molar-refractivity contribution in [2.45, 2.75) is 6.92 Å². The van der Waals surface area contributed by atoms with Gasteiger partial charge in [0, 0.05) is 13.2 Å². The molecule has 2 rings (SSSR count). The first-order valence-corrected chi connectivity index (χ1v) is 5.05. The first kappa shape index (κ1) is 11.1. The third-order valence-electron chi connectivity index (χ3n) is 2.43. The topological polar surface area (TPSA) is 79.0 Å². The Hall–Kier alpha value is -2.37. The van der Waals surface area contributed by atoms with Crippen LogP contribution in [0, 0.1) is 6.92 Å². The second kappa shape index (κ2) is 4.25. The summed E-state index contributed by atoms with van der Waals surface area (Å²) in [7, 11) is 1.65. The molecule has 2 aromatic rings. The molecule has 0 fully saturated rings. The zero-order valence-electron chi connectivity index (χ0n) is 9.51. The maximum absolute atomic E-state index is 12.1. The highest BCUT2D eigenvalue weighted by Crippen LogP contribution is 2.09. The Kier molecular flexibility index (Phi) is 2.78. The van der Waals surface area contributed by atoms with Crippen molar-refractivity contribution in [1.82, 2.24) is 9.38 Å². The third kappa shape index (κ3) is 1.84. The molecule has 0 atom stereocenters. The molecule has 2 N–H and O–H groups in total. The molecular formula is C11H12N4O2. The van der Waals surface area contributed by atoms with Crippen LogP contribution in [0.1, 0.15) is 11.1 Å². The number of anilines is 1. The van der Waals surface area contributed by atoms with Gasteiger partial charge in [0.05, 0.1) is 6.21 Å². The molecule has 0 aliphatic carbocycles. The molecule has 0 aliphatic heterocycles. The predicted molar refractivity (Wildman–Crippen MR) is 65.1 cm³/mol. The number of aryl methyl sites for hydroxylation is 1. The lowest BCUT2D eigenvalue weighted by Gasteiger charge is -2.07. The molecule has 0 saturated carbocycles. The summed E-state index contributed by atoms with van der Waals surface area (Å²) in [4.78, 5) is 16.4. The normalized spacial score (nSPS) is 11.2. The Morgan fingerprint density at radius 1 is 1.53 bits per heavy atom. The van der Waals surface area contributed by atoms with E-state index in [2.05, 4.69) is 15.5 Å². The van der Waals surface area contributed by atoms with Gasteiger partial charge in [-0.05, 0) is 18.6 Å². The summed E-state index contributed by atoms with van der Waals surface area (Å²) in [6.07, 6.45) is 2.77. The first-order chi connectivity index (χ1) is 8.17. The van der Waals surface area contributed by atoms with Crippen molar-refractivity contribution in [1.29, 1.82) is 0 Å². The second-order valence-corrected chi connectivity index (χ2v) is 3.61. The number of hydrogen-bond donors (Lipinski definition) is 2. The van der Waals surface area contributed by atoms with E-state index in [9.17, 15) is 4.79 Å². The van der Waals surface area contributed by atoms with Crippen LogP contribution in [0.5, 0.6) is 0 Å². The van der Waals surface area contributed by atoms with E-state index in [1.54, 1.807) is 19.3 Å². The molecule has 0 spiro atoms. The zero-order valence-corrected chi connectivity index (χ0v) is 9.51. The molecule has 2 aromatic heterocycles. The van der Waals surface area contributed by atoms with Gasteiger partial charge in [0.15, 0.2) is 0 Å². The van der Waals surface area contributed by atoms with E-state index in [1.165, 1.54) is 4.40 Å². The van der Waals surface area contributed by atoms with Gasteiger partial charge in [0.25, 0.3) is 5.56 Å². The number of pyridine rings is 1. The molecular weight excluding hydrogens is 220 g/mol. The van der Waals surface area contributed by atoms with Crippen LogP contribution in [0.25, 0.3) is 5.65 Å². The molecule has 88 valence electrons. The van der Waals surface area contributed by atoms with Gasteiger partial charge in [0.1, 0.15) is 17.0 Å². The van der Waals surface area contributed by atoms with Crippen LogP contribution in [0.2, 0.25) is 0 Å². The van der Waals surface area contributed by atoms with Crippen molar-refractivity contribution >= 4 is 17.7 Å². The first-order valence-electron chi connectivity index (χ1n) is 5.05. The molecule has 0 radical (unpaired) electrons. The van der Waals surface area contributed by atoms with Crippen LogP contribution in [0.15, 0.2) is 28.3 Å². The molecule has 0 aromatic carbocycles. The minimum atomic E-state index is -0.277. The second-order valence-electron chi connectivity index (χ2n) is 3.61. The zero-order chi connectivity index (χ0) is 12.4. The highest BCUT2D eigenvalue weighted by atomic mass is 16.4. The summed E-state index contributed by atoms with van der Waals surface area (Å²) in [6, 6.07) is 3.64. The number of nitrogens with zero attached hydrogens (tertiary/aromatic N) is 3. The standard InChI is InChI=1S/C11H12N4O2/c1-7-3-4-9-14-10(12-2)8(5-13-17)11(16)15(9)6-7/h3-6,12,17H,1-2H3. The molecule has 0 bridgehead atoms. The lowest BCUT2D eigenvalue weighted by molar-refractivity contribution is 0.322. The Morgan fingerprint density at radius 2 is 2.29 bits per heavy atom. The van der Waals surface area contributed by atoms with Gasteiger partial charge in [0.2, 0.25) is 0 Å². The molecule has 0 unspecified atom stereocenters. The average molecular weight is 232 g/mol. The lowest BCUT2D eigenvalue weighted by Crippen LogP contribution is -2.21. The number of nitrogens with one attached hydrogen (secondary N) is 1. The Labute approximate surface area is 97.2 Å². The van der Waals surface area contributed by atoms with Gasteiger partial charge in [-0.2, -0.15) is 0 Å². The lowest BCUT2D eigenvalue weighted by atomic mass is 10.2. The Bertz CT molecular complexity index is 646. The van der Waals surface area contributed by atoms with E-state index in [1.807, 2.05) is 13.0 Å². The van der Waals surface area contributed by atoms with Gasteiger partial charge in [-0.15, -0.1) is 0 Å². The van der Waals surface area contributed by atoms with Gasteiger partial charge < -0.3 is 10.5 Å². The molecule has 6 heteroatoms. The van der Waals surface area contributed by atoms with Crippen LogP contribution >= 0.6 is 0 Å². The third-order valence-corrected chi connectivity index (χ3v) is 2.43. The fraction of sp³-hybridized carbons (Fsp3) is 0.182. The van der Waals surface area contributed by atoms with Gasteiger partial charge in [-0.25, -0.2) is 4.98 Å². The average Bonchev–Trinajstić information content (AvgIpc) is 2.33. The number of fused-ring (bicyclic) bond motifs is 1. The SMILES string of the molecule is CNc1nc2ccc(C)cn2c(=O)c1C=NO. The van der Waals surface area contributed by atoms with Crippen molar-refractivity contribution in [3.05, 3.63) is 39.8 Å². The van der Waals surface area contributed by atoms with Crippen molar-refractivity contribution in [3.8, 4) is 0 Å². The van der Waals surface area contributed by atoms with Crippen molar-refractivity contribution in [3.63, 3.8) is 0 Å². The van der Waals surface area contributed by atoms with Crippen LogP contribution < -0.4 is 10.9 Å². The van der Waals surface area contributed by atoms with Crippen LogP contribution in [-0.2, 0) is 0 Å². The van der Waals surface area contributed by atoms with E-state index < -0.39 is 0 Å². The van der Waals surface area contributed by atoms with E-state index in [0.717, 1.165) is 11.8 Å². The highest BCUT2D eigenvalue weighted by molar-refractivity contribution is 5.85. The van der Waals surface area contributed by atoms with Gasteiger partial charge in [-0.3, -0.25) is 9.20 Å². The van der Waals surface area contributed by atoms with Crippen LogP contribution in [0.3, 0.4) is 0 Å². The highest BCUT2D eigenvalue weighted by Gasteiger charge is 2.09. The molecule has 0 aliphatic rings. The van der Waals surface area contributed by atoms with Gasteiger partial charge >= 0.3 is 0 Å². The summed E-state index contributed by atoms with van der Waals surface area (Å²) in [5.41, 5.74) is 1.43. The summed E-state index contributed by atoms with van der Waals surface area (Å²) in [6.45, 7) is 1.89. The quantitative estimate of drug-likeness (QED) is 0.457. The van der Waals surface area contributed by atoms with Gasteiger partial charge in [-0.1, -0.05) is 11.2 Å². The van der Waals surface area contributed by atoms with E-state index in [0.29, 0.717) is 11.5 Å². The molecule has 0 amide bonds. The number of rotatable bonds is 2. The number of aromatic nitrogens is 2. The Balaban J connectivity index is 2.89. The maximum Gasteiger partial charge on any atom is 0.268 e. The molecule has 17 heavy (non-hydrogen) atoms. The largest absolute Gasteiger partial charge is 0.411 e. The fourth-order valence-electron chi connectivity index (χ4n) is 1.62. The molecule has 0 saturated heterocycles. The van der Waals surface area contributed by atoms with Crippen LogP contribution in [0.4, 0.5) is 5.82 Å². The summed E-state index contributed by atoms with van der Waals surface area (Å²) < 4.78 is 1.42. The van der Waals surface area contributed by atoms with E-state index in [-0.39, 0.29) is 11.1 Å². The summed E-state index contributed by atoms with van der Waals surface area (Å²) in [5, 5.41) is 14.2. The van der Waals surface area contributed by atoms with Crippen LogP contribution in [-0.4, -0.2) is 27.9 Å². The van der Waals surface area contributed by atoms with Crippen molar-refractivity contribution in [2.75, 3.05) is 12.4 Å². The van der Waals surface area contributed by atoms with Crippen molar-refractivity contribution in [2.24, 2.45) is 5.16 Å². The number of oxime groups is 1. The minimum Gasteiger partial charge on any atom is -0.411 e. The van der Waals surface area contributed by atoms with E-state index in [4.69, 9.17) is 5.21 Å². The smallest absolute Gasteiger partial charge is 0.268 e. The Morgan fingerprint density at radius 3 is 2.94 bits per heavy atom. The summed E-state index contributed by atoms with van der Waals surface area (Å²) >= 11 is 0. The number of hydrogen-bond acceptors (Lipinski definition) is 5. The minimum absolute atomic E-state index is 0.220. The molecule has 2 heterocycles. The molecule has 6 nitrogen and oxygen atoms in total.